The number of piperidine rings is 1. The van der Waals surface area contributed by atoms with Gasteiger partial charge in [0.2, 0.25) is 0 Å². The largest absolute Gasteiger partial charge is 0.453 e. The molecule has 0 aromatic heterocycles. The second-order valence-corrected chi connectivity index (χ2v) is 6.39. The molecule has 1 aliphatic carbocycles. The quantitative estimate of drug-likeness (QED) is 0.857. The summed E-state index contributed by atoms with van der Waals surface area (Å²) in [7, 11) is 1.47. The van der Waals surface area contributed by atoms with Crippen LogP contribution in [0.1, 0.15) is 36.8 Å². The van der Waals surface area contributed by atoms with E-state index in [1.54, 1.807) is 0 Å². The third-order valence-electron chi connectivity index (χ3n) is 5.19. The fraction of sp³-hybridized carbons (Fsp3) is 0.611. The zero-order chi connectivity index (χ0) is 15.5. The highest BCUT2D eigenvalue weighted by Gasteiger charge is 2.31. The lowest BCUT2D eigenvalue weighted by molar-refractivity contribution is 0.0788. The van der Waals surface area contributed by atoms with Gasteiger partial charge in [0.05, 0.1) is 7.11 Å². The van der Waals surface area contributed by atoms with Gasteiger partial charge in [0.1, 0.15) is 0 Å². The molecule has 2 aliphatic rings. The van der Waals surface area contributed by atoms with Crippen molar-refractivity contribution in [2.24, 2.45) is 0 Å². The molecule has 4 nitrogen and oxygen atoms in total. The third-order valence-corrected chi connectivity index (χ3v) is 5.19. The van der Waals surface area contributed by atoms with Crippen LogP contribution >= 0.6 is 0 Å². The molecule has 0 bridgehead atoms. The van der Waals surface area contributed by atoms with Crippen LogP contribution in [-0.2, 0) is 11.2 Å². The first-order valence-electron chi connectivity index (χ1n) is 8.37. The van der Waals surface area contributed by atoms with Crippen LogP contribution < -0.4 is 0 Å². The number of benzene rings is 1. The summed E-state index contributed by atoms with van der Waals surface area (Å²) >= 11 is 0. The Bertz CT molecular complexity index is 524. The first-order chi connectivity index (χ1) is 10.7. The molecule has 1 aromatic rings. The van der Waals surface area contributed by atoms with Crippen LogP contribution in [0, 0.1) is 0 Å². The highest BCUT2D eigenvalue weighted by Crippen LogP contribution is 2.35. The van der Waals surface area contributed by atoms with E-state index >= 15 is 0 Å². The summed E-state index contributed by atoms with van der Waals surface area (Å²) in [5.74, 6) is 0.704. The molecule has 1 aromatic carbocycles. The monoisotopic (exact) mass is 302 g/mol. The third kappa shape index (κ3) is 2.98. The summed E-state index contributed by atoms with van der Waals surface area (Å²) in [5.41, 5.74) is 3.06. The lowest BCUT2D eigenvalue weighted by Gasteiger charge is -2.40. The van der Waals surface area contributed by atoms with Gasteiger partial charge < -0.3 is 14.5 Å². The maximum atomic E-state index is 11.8. The molecule has 4 heteroatoms. The molecule has 1 amide bonds. The zero-order valence-corrected chi connectivity index (χ0v) is 13.6. The van der Waals surface area contributed by atoms with E-state index in [2.05, 4.69) is 29.2 Å². The van der Waals surface area contributed by atoms with Crippen molar-refractivity contribution in [2.45, 2.75) is 38.1 Å². The van der Waals surface area contributed by atoms with Crippen LogP contribution in [0.5, 0.6) is 0 Å². The van der Waals surface area contributed by atoms with Gasteiger partial charge in [-0.15, -0.1) is 0 Å². The maximum Gasteiger partial charge on any atom is 0.409 e. The number of amides is 1. The van der Waals surface area contributed by atoms with Crippen molar-refractivity contribution in [3.05, 3.63) is 35.4 Å². The molecular weight excluding hydrogens is 276 g/mol. The topological polar surface area (TPSA) is 32.8 Å². The Morgan fingerprint density at radius 3 is 2.68 bits per heavy atom. The van der Waals surface area contributed by atoms with Gasteiger partial charge in [-0.25, -0.2) is 4.79 Å². The van der Waals surface area contributed by atoms with Gasteiger partial charge in [0.25, 0.3) is 0 Å². The van der Waals surface area contributed by atoms with E-state index in [4.69, 9.17) is 4.74 Å². The number of likely N-dealkylation sites (tertiary alicyclic amines) is 1. The van der Waals surface area contributed by atoms with Gasteiger partial charge >= 0.3 is 6.09 Å². The molecule has 1 unspecified atom stereocenters. The highest BCUT2D eigenvalue weighted by molar-refractivity contribution is 5.67. The molecule has 0 radical (unpaired) electrons. The predicted octanol–water partition coefficient (Wildman–Crippen LogP) is 2.88. The maximum absolute atomic E-state index is 11.8. The molecule has 0 spiro atoms. The average Bonchev–Trinajstić information content (AvgIpc) is 2.54. The molecule has 1 atom stereocenters. The van der Waals surface area contributed by atoms with Crippen LogP contribution in [0.25, 0.3) is 0 Å². The number of hydrogen-bond donors (Lipinski definition) is 0. The first kappa shape index (κ1) is 15.3. The van der Waals surface area contributed by atoms with Crippen LogP contribution in [0.15, 0.2) is 24.3 Å². The van der Waals surface area contributed by atoms with Crippen molar-refractivity contribution < 1.29 is 9.53 Å². The van der Waals surface area contributed by atoms with E-state index < -0.39 is 0 Å². The van der Waals surface area contributed by atoms with Gasteiger partial charge in [-0.3, -0.25) is 0 Å². The normalized spacial score (nSPS) is 21.8. The van der Waals surface area contributed by atoms with Crippen LogP contribution in [0.4, 0.5) is 4.79 Å². The molecule has 120 valence electrons. The van der Waals surface area contributed by atoms with E-state index in [0.717, 1.165) is 39.0 Å². The van der Waals surface area contributed by atoms with Crippen molar-refractivity contribution in [1.29, 1.82) is 0 Å². The Hall–Kier alpha value is -1.55. The number of carbonyl (C=O) groups is 1. The van der Waals surface area contributed by atoms with Crippen LogP contribution in [0.2, 0.25) is 0 Å². The lowest BCUT2D eigenvalue weighted by atomic mass is 9.77. The minimum absolute atomic E-state index is 0.186. The Balaban J connectivity index is 1.49. The Morgan fingerprint density at radius 1 is 1.32 bits per heavy atom. The molecule has 3 rings (SSSR count). The second-order valence-electron chi connectivity index (χ2n) is 6.39. The summed E-state index contributed by atoms with van der Waals surface area (Å²) in [5, 5.41) is 0. The summed E-state index contributed by atoms with van der Waals surface area (Å²) in [4.78, 5) is 16.2. The first-order valence-corrected chi connectivity index (χ1v) is 8.37. The molecule has 1 aliphatic heterocycles. The number of hydrogen-bond acceptors (Lipinski definition) is 3. The van der Waals surface area contributed by atoms with Crippen molar-refractivity contribution >= 4 is 6.09 Å². The highest BCUT2D eigenvalue weighted by atomic mass is 16.5. The number of fused-ring (bicyclic) bond motifs is 1. The molecule has 22 heavy (non-hydrogen) atoms. The summed E-state index contributed by atoms with van der Waals surface area (Å²) in [6.07, 6.45) is 3.14. The molecule has 1 fully saturated rings. The van der Waals surface area contributed by atoms with Gasteiger partial charge in [-0.1, -0.05) is 24.3 Å². The molecule has 0 saturated carbocycles. The standard InChI is InChI=1S/C18H26N2O2/c1-3-20(18(21)22-2)16-8-10-19(11-9-16)13-15-12-14-6-4-5-7-17(14)15/h4-7,15-16H,3,8-13H2,1-2H3. The smallest absolute Gasteiger partial charge is 0.409 e. The Kier molecular flexibility index (Phi) is 4.67. The molecular formula is C18H26N2O2. The van der Waals surface area contributed by atoms with E-state index in [-0.39, 0.29) is 6.09 Å². The minimum atomic E-state index is -0.186. The minimum Gasteiger partial charge on any atom is -0.453 e. The van der Waals surface area contributed by atoms with Gasteiger partial charge in [-0.2, -0.15) is 0 Å². The van der Waals surface area contributed by atoms with E-state index in [9.17, 15) is 4.79 Å². The van der Waals surface area contributed by atoms with Crippen LogP contribution in [-0.4, -0.2) is 55.2 Å². The van der Waals surface area contributed by atoms with E-state index in [1.807, 2.05) is 11.8 Å². The van der Waals surface area contributed by atoms with E-state index in [0.29, 0.717) is 12.0 Å². The molecule has 0 N–H and O–H groups in total. The Labute approximate surface area is 133 Å². The van der Waals surface area contributed by atoms with Crippen molar-refractivity contribution in [3.63, 3.8) is 0 Å². The van der Waals surface area contributed by atoms with Crippen molar-refractivity contribution in [3.8, 4) is 0 Å². The lowest BCUT2D eigenvalue weighted by Crippen LogP contribution is -2.48. The summed E-state index contributed by atoms with van der Waals surface area (Å²) in [6, 6.07) is 9.13. The SMILES string of the molecule is CCN(C(=O)OC)C1CCN(CC2Cc3ccccc32)CC1. The molecule has 1 saturated heterocycles. The second kappa shape index (κ2) is 6.69. The Morgan fingerprint density at radius 2 is 2.05 bits per heavy atom. The average molecular weight is 302 g/mol. The van der Waals surface area contributed by atoms with Gasteiger partial charge in [0, 0.05) is 38.1 Å². The fourth-order valence-electron chi connectivity index (χ4n) is 3.90. The summed E-state index contributed by atoms with van der Waals surface area (Å²) in [6.45, 7) is 6.07. The predicted molar refractivity (Wildman–Crippen MR) is 87.1 cm³/mol. The van der Waals surface area contributed by atoms with Crippen molar-refractivity contribution in [2.75, 3.05) is 33.3 Å². The van der Waals surface area contributed by atoms with Gasteiger partial charge in [-0.05, 0) is 37.3 Å². The summed E-state index contributed by atoms with van der Waals surface area (Å²) < 4.78 is 4.89. The van der Waals surface area contributed by atoms with E-state index in [1.165, 1.54) is 24.7 Å². The van der Waals surface area contributed by atoms with Crippen molar-refractivity contribution in [1.82, 2.24) is 9.80 Å². The van der Waals surface area contributed by atoms with Gasteiger partial charge in [0.15, 0.2) is 0 Å². The van der Waals surface area contributed by atoms with Crippen LogP contribution in [0.3, 0.4) is 0 Å². The number of ether oxygens (including phenoxy) is 1. The number of nitrogens with zero attached hydrogens (tertiary/aromatic N) is 2. The zero-order valence-electron chi connectivity index (χ0n) is 13.6. The fourth-order valence-corrected chi connectivity index (χ4v) is 3.90. The molecule has 1 heterocycles. The number of carbonyl (C=O) groups excluding carboxylic acids is 1. The number of rotatable bonds is 4. The number of methoxy groups -OCH3 is 1.